The summed E-state index contributed by atoms with van der Waals surface area (Å²) in [5.74, 6) is -0.0288. The van der Waals surface area contributed by atoms with Gasteiger partial charge in [0.1, 0.15) is 11.8 Å². The Bertz CT molecular complexity index is 753. The number of benzene rings is 1. The minimum Gasteiger partial charge on any atom is -0.492 e. The van der Waals surface area contributed by atoms with E-state index in [0.717, 1.165) is 19.3 Å². The largest absolute Gasteiger partial charge is 0.492 e. The molecule has 166 valence electrons. The van der Waals surface area contributed by atoms with Crippen LogP contribution in [-0.2, 0) is 14.3 Å². The maximum Gasteiger partial charge on any atom is 0.308 e. The fraction of sp³-hybridized carbons (Fsp3) is 0.591. The van der Waals surface area contributed by atoms with Crippen molar-refractivity contribution in [1.82, 2.24) is 10.2 Å². The van der Waals surface area contributed by atoms with Gasteiger partial charge in [0.25, 0.3) is 5.91 Å². The summed E-state index contributed by atoms with van der Waals surface area (Å²) in [6.07, 6.45) is 2.58. The first-order valence-electron chi connectivity index (χ1n) is 10.5. The number of halogens is 1. The van der Waals surface area contributed by atoms with Gasteiger partial charge in [0, 0.05) is 18.7 Å². The number of hydrogen-bond acceptors (Lipinski definition) is 5. The summed E-state index contributed by atoms with van der Waals surface area (Å²) >= 11 is 3.45. The number of piperazine rings is 1. The molecule has 7 nitrogen and oxygen atoms in total. The normalized spacial score (nSPS) is 16.4. The Kier molecular flexibility index (Phi) is 9.62. The van der Waals surface area contributed by atoms with Gasteiger partial charge in [-0.25, -0.2) is 0 Å². The van der Waals surface area contributed by atoms with Gasteiger partial charge in [-0.05, 0) is 52.9 Å². The van der Waals surface area contributed by atoms with Crippen molar-refractivity contribution >= 4 is 33.7 Å². The highest BCUT2D eigenvalue weighted by Gasteiger charge is 2.35. The van der Waals surface area contributed by atoms with Crippen LogP contribution in [-0.4, -0.2) is 55.0 Å². The van der Waals surface area contributed by atoms with Crippen LogP contribution in [0.2, 0.25) is 0 Å². The molecule has 1 atom stereocenters. The van der Waals surface area contributed by atoms with Crippen LogP contribution in [0.1, 0.15) is 56.8 Å². The smallest absolute Gasteiger partial charge is 0.308 e. The molecule has 1 fully saturated rings. The molecular weight excluding hydrogens is 452 g/mol. The van der Waals surface area contributed by atoms with Crippen LogP contribution in [0.5, 0.6) is 5.75 Å². The van der Waals surface area contributed by atoms with Crippen molar-refractivity contribution in [3.05, 3.63) is 28.2 Å². The topological polar surface area (TPSA) is 84.9 Å². The highest BCUT2D eigenvalue weighted by Crippen LogP contribution is 2.27. The number of carbonyl (C=O) groups excluding carboxylic acids is 3. The van der Waals surface area contributed by atoms with Crippen molar-refractivity contribution in [1.29, 1.82) is 0 Å². The van der Waals surface area contributed by atoms with Crippen molar-refractivity contribution in [3.8, 4) is 5.75 Å². The lowest BCUT2D eigenvalue weighted by Gasteiger charge is -2.34. The van der Waals surface area contributed by atoms with E-state index in [-0.39, 0.29) is 18.2 Å². The van der Waals surface area contributed by atoms with Crippen LogP contribution >= 0.6 is 15.9 Å². The third-order valence-electron chi connectivity index (χ3n) is 4.84. The van der Waals surface area contributed by atoms with Gasteiger partial charge in [-0.2, -0.15) is 0 Å². The molecule has 0 spiro atoms. The van der Waals surface area contributed by atoms with Gasteiger partial charge in [-0.3, -0.25) is 14.4 Å². The molecular formula is C22H31BrN2O5. The SMILES string of the molecule is CCCCOc1ccc(C(=O)N2CCNC(=O)C2CC(=O)OCCC(C)C)cc1Br. The molecule has 1 N–H and O–H groups in total. The Hall–Kier alpha value is -2.09. The van der Waals surface area contributed by atoms with Gasteiger partial charge in [0.2, 0.25) is 5.91 Å². The number of nitrogens with zero attached hydrogens (tertiary/aromatic N) is 1. The average Bonchev–Trinajstić information content (AvgIpc) is 2.70. The summed E-state index contributed by atoms with van der Waals surface area (Å²) in [7, 11) is 0. The first kappa shape index (κ1) is 24.2. The highest BCUT2D eigenvalue weighted by molar-refractivity contribution is 9.10. The molecule has 0 aliphatic carbocycles. The fourth-order valence-corrected chi connectivity index (χ4v) is 3.52. The third-order valence-corrected chi connectivity index (χ3v) is 5.46. The summed E-state index contributed by atoms with van der Waals surface area (Å²) in [5.41, 5.74) is 0.428. The van der Waals surface area contributed by atoms with Gasteiger partial charge < -0.3 is 19.7 Å². The van der Waals surface area contributed by atoms with E-state index in [9.17, 15) is 14.4 Å². The van der Waals surface area contributed by atoms with E-state index in [2.05, 4.69) is 28.2 Å². The Labute approximate surface area is 186 Å². The van der Waals surface area contributed by atoms with Gasteiger partial charge in [-0.1, -0.05) is 27.2 Å². The number of amides is 2. The standard InChI is InChI=1S/C22H31BrN2O5/c1-4-5-11-29-19-7-6-16(13-17(19)23)22(28)25-10-9-24-21(27)18(25)14-20(26)30-12-8-15(2)3/h6-7,13,15,18H,4-5,8-12,14H2,1-3H3,(H,24,27). The first-order chi connectivity index (χ1) is 14.3. The predicted molar refractivity (Wildman–Crippen MR) is 117 cm³/mol. The zero-order valence-corrected chi connectivity index (χ0v) is 19.5. The van der Waals surface area contributed by atoms with Crippen LogP contribution in [0.4, 0.5) is 0 Å². The predicted octanol–water partition coefficient (Wildman–Crippen LogP) is 3.55. The second kappa shape index (κ2) is 11.9. The lowest BCUT2D eigenvalue weighted by Crippen LogP contribution is -2.57. The average molecular weight is 483 g/mol. The minimum absolute atomic E-state index is 0.158. The van der Waals surface area contributed by atoms with E-state index in [1.54, 1.807) is 18.2 Å². The Morgan fingerprint density at radius 3 is 2.73 bits per heavy atom. The molecule has 2 amide bonds. The van der Waals surface area contributed by atoms with Gasteiger partial charge >= 0.3 is 5.97 Å². The van der Waals surface area contributed by atoms with Gasteiger partial charge in [0.05, 0.1) is 24.1 Å². The van der Waals surface area contributed by atoms with Crippen molar-refractivity contribution < 1.29 is 23.9 Å². The van der Waals surface area contributed by atoms with Crippen molar-refractivity contribution in [2.45, 2.75) is 52.5 Å². The van der Waals surface area contributed by atoms with Crippen LogP contribution in [0.3, 0.4) is 0 Å². The van der Waals surface area contributed by atoms with Crippen LogP contribution in [0.15, 0.2) is 22.7 Å². The molecule has 1 unspecified atom stereocenters. The summed E-state index contributed by atoms with van der Waals surface area (Å²) in [5, 5.41) is 2.73. The Balaban J connectivity index is 2.06. The Morgan fingerprint density at radius 1 is 1.30 bits per heavy atom. The molecule has 0 bridgehead atoms. The van der Waals surface area contributed by atoms with E-state index >= 15 is 0 Å². The van der Waals surface area contributed by atoms with Gasteiger partial charge in [0.15, 0.2) is 0 Å². The van der Waals surface area contributed by atoms with Crippen LogP contribution in [0, 0.1) is 5.92 Å². The number of ether oxygens (including phenoxy) is 2. The molecule has 0 aromatic heterocycles. The number of unbranched alkanes of at least 4 members (excludes halogenated alkanes) is 1. The van der Waals surface area contributed by atoms with E-state index in [1.807, 2.05) is 13.8 Å². The van der Waals surface area contributed by atoms with Crippen LogP contribution in [0.25, 0.3) is 0 Å². The zero-order valence-electron chi connectivity index (χ0n) is 17.9. The quantitative estimate of drug-likeness (QED) is 0.407. The van der Waals surface area contributed by atoms with Gasteiger partial charge in [-0.15, -0.1) is 0 Å². The number of carbonyl (C=O) groups is 3. The van der Waals surface area contributed by atoms with E-state index in [4.69, 9.17) is 9.47 Å². The minimum atomic E-state index is -0.878. The summed E-state index contributed by atoms with van der Waals surface area (Å²) in [6.45, 7) is 7.78. The molecule has 1 aliphatic rings. The maximum atomic E-state index is 13.1. The number of rotatable bonds is 10. The van der Waals surface area contributed by atoms with E-state index in [1.165, 1.54) is 4.90 Å². The zero-order chi connectivity index (χ0) is 22.1. The number of nitrogens with one attached hydrogen (secondary N) is 1. The number of hydrogen-bond donors (Lipinski definition) is 1. The highest BCUT2D eigenvalue weighted by atomic mass is 79.9. The monoisotopic (exact) mass is 482 g/mol. The molecule has 2 rings (SSSR count). The first-order valence-corrected chi connectivity index (χ1v) is 11.3. The van der Waals surface area contributed by atoms with Crippen molar-refractivity contribution in [2.75, 3.05) is 26.3 Å². The summed E-state index contributed by atoms with van der Waals surface area (Å²) < 4.78 is 11.6. The molecule has 1 aliphatic heterocycles. The molecule has 8 heteroatoms. The second-order valence-corrected chi connectivity index (χ2v) is 8.61. The Morgan fingerprint density at radius 2 is 2.07 bits per heavy atom. The lowest BCUT2D eigenvalue weighted by atomic mass is 10.1. The second-order valence-electron chi connectivity index (χ2n) is 7.76. The van der Waals surface area contributed by atoms with E-state index in [0.29, 0.717) is 48.0 Å². The van der Waals surface area contributed by atoms with Crippen LogP contribution < -0.4 is 10.1 Å². The fourth-order valence-electron chi connectivity index (χ4n) is 3.03. The molecule has 1 heterocycles. The van der Waals surface area contributed by atoms with Crippen molar-refractivity contribution in [3.63, 3.8) is 0 Å². The third kappa shape index (κ3) is 7.00. The van der Waals surface area contributed by atoms with E-state index < -0.39 is 12.0 Å². The molecule has 0 saturated carbocycles. The lowest BCUT2D eigenvalue weighted by molar-refractivity contribution is -0.148. The molecule has 1 saturated heterocycles. The maximum absolute atomic E-state index is 13.1. The molecule has 30 heavy (non-hydrogen) atoms. The summed E-state index contributed by atoms with van der Waals surface area (Å²) in [6, 6.07) is 4.23. The summed E-state index contributed by atoms with van der Waals surface area (Å²) in [4.78, 5) is 39.1. The van der Waals surface area contributed by atoms with Crippen molar-refractivity contribution in [2.24, 2.45) is 5.92 Å². The number of esters is 1. The molecule has 1 aromatic carbocycles. The molecule has 1 aromatic rings. The molecule has 0 radical (unpaired) electrons.